The molecule has 0 heterocycles. The van der Waals surface area contributed by atoms with Crippen molar-refractivity contribution in [3.05, 3.63) is 95.1 Å². The lowest BCUT2D eigenvalue weighted by Crippen LogP contribution is -2.11. The number of carbonyl (C=O) groups excluding carboxylic acids is 2. The fourth-order valence-electron chi connectivity index (χ4n) is 2.45. The predicted molar refractivity (Wildman–Crippen MR) is 103 cm³/mol. The number of hydrogen-bond donors (Lipinski definition) is 2. The summed E-state index contributed by atoms with van der Waals surface area (Å²) in [6, 6.07) is 20.7. The summed E-state index contributed by atoms with van der Waals surface area (Å²) in [4.78, 5) is 24.3. The lowest BCUT2D eigenvalue weighted by Gasteiger charge is -2.08. The van der Waals surface area contributed by atoms with Crippen molar-refractivity contribution in [2.24, 2.45) is 0 Å². The van der Waals surface area contributed by atoms with E-state index in [1.54, 1.807) is 43.3 Å². The van der Waals surface area contributed by atoms with Crippen LogP contribution >= 0.6 is 0 Å². The van der Waals surface area contributed by atoms with Crippen molar-refractivity contribution >= 4 is 17.6 Å². The Morgan fingerprint density at radius 2 is 1.59 bits per heavy atom. The van der Waals surface area contributed by atoms with Gasteiger partial charge >= 0.3 is 5.97 Å². The lowest BCUT2D eigenvalue weighted by molar-refractivity contribution is 0.0472. The minimum Gasteiger partial charge on any atom is -0.508 e. The number of ether oxygens (including phenoxy) is 1. The highest BCUT2D eigenvalue weighted by Crippen LogP contribution is 2.18. The Labute approximate surface area is 157 Å². The Morgan fingerprint density at radius 1 is 0.926 bits per heavy atom. The van der Waals surface area contributed by atoms with Crippen LogP contribution in [0.2, 0.25) is 0 Å². The van der Waals surface area contributed by atoms with Gasteiger partial charge in [-0.3, -0.25) is 4.79 Å². The normalized spacial score (nSPS) is 10.3. The summed E-state index contributed by atoms with van der Waals surface area (Å²) >= 11 is 0. The molecule has 136 valence electrons. The van der Waals surface area contributed by atoms with E-state index in [4.69, 9.17) is 4.74 Å². The molecule has 0 aliphatic carbocycles. The molecule has 3 aromatic rings. The molecule has 0 bridgehead atoms. The van der Waals surface area contributed by atoms with Crippen LogP contribution in [-0.4, -0.2) is 17.0 Å². The van der Waals surface area contributed by atoms with Crippen molar-refractivity contribution in [3.63, 3.8) is 0 Å². The van der Waals surface area contributed by atoms with Crippen molar-refractivity contribution in [2.45, 2.75) is 13.5 Å². The van der Waals surface area contributed by atoms with Crippen molar-refractivity contribution in [3.8, 4) is 5.75 Å². The number of phenols is 1. The molecule has 0 spiro atoms. The summed E-state index contributed by atoms with van der Waals surface area (Å²) < 4.78 is 5.25. The van der Waals surface area contributed by atoms with Crippen molar-refractivity contribution in [1.82, 2.24) is 0 Å². The molecule has 0 unspecified atom stereocenters. The maximum Gasteiger partial charge on any atom is 0.338 e. The molecule has 0 saturated carbocycles. The Hall–Kier alpha value is -3.60. The van der Waals surface area contributed by atoms with E-state index >= 15 is 0 Å². The van der Waals surface area contributed by atoms with Gasteiger partial charge in [0, 0.05) is 11.3 Å². The zero-order chi connectivity index (χ0) is 19.2. The number of phenolic OH excluding ortho intramolecular Hbond substituents is 1. The predicted octanol–water partition coefficient (Wildman–Crippen LogP) is 4.31. The first-order chi connectivity index (χ1) is 13.0. The second-order valence-electron chi connectivity index (χ2n) is 6.09. The standard InChI is InChI=1S/C22H19NO4/c1-15-7-10-18(13-20(15)24)22(26)27-14-16-8-11-17(12-9-16)21(25)23-19-5-3-2-4-6-19/h2-13,24H,14H2,1H3,(H,23,25). The van der Waals surface area contributed by atoms with Crippen LogP contribution in [-0.2, 0) is 11.3 Å². The van der Waals surface area contributed by atoms with Gasteiger partial charge in [0.05, 0.1) is 5.56 Å². The number of benzene rings is 3. The monoisotopic (exact) mass is 361 g/mol. The summed E-state index contributed by atoms with van der Waals surface area (Å²) in [6.45, 7) is 1.83. The Balaban J connectivity index is 1.58. The molecule has 0 aromatic heterocycles. The molecule has 0 aliphatic heterocycles. The van der Waals surface area contributed by atoms with Crippen LogP contribution in [0.25, 0.3) is 0 Å². The number of amides is 1. The second-order valence-corrected chi connectivity index (χ2v) is 6.09. The molecule has 0 atom stereocenters. The molecule has 3 rings (SSSR count). The topological polar surface area (TPSA) is 75.6 Å². The number of rotatable bonds is 5. The minimum atomic E-state index is -0.517. The van der Waals surface area contributed by atoms with Gasteiger partial charge in [-0.15, -0.1) is 0 Å². The Bertz CT molecular complexity index is 950. The van der Waals surface area contributed by atoms with Crippen LogP contribution in [0.3, 0.4) is 0 Å². The van der Waals surface area contributed by atoms with E-state index in [9.17, 15) is 14.7 Å². The molecule has 2 N–H and O–H groups in total. The molecule has 5 heteroatoms. The van der Waals surface area contributed by atoms with Crippen LogP contribution in [0.5, 0.6) is 5.75 Å². The first-order valence-corrected chi connectivity index (χ1v) is 8.45. The van der Waals surface area contributed by atoms with Crippen molar-refractivity contribution in [1.29, 1.82) is 0 Å². The molecule has 0 saturated heterocycles. The fraction of sp³-hybridized carbons (Fsp3) is 0.0909. The summed E-state index contributed by atoms with van der Waals surface area (Å²) in [6.07, 6.45) is 0. The summed E-state index contributed by atoms with van der Waals surface area (Å²) in [5.41, 5.74) is 2.98. The Morgan fingerprint density at radius 3 is 2.26 bits per heavy atom. The van der Waals surface area contributed by atoms with E-state index < -0.39 is 5.97 Å². The molecule has 5 nitrogen and oxygen atoms in total. The van der Waals surface area contributed by atoms with Crippen LogP contribution in [0, 0.1) is 6.92 Å². The van der Waals surface area contributed by atoms with E-state index in [-0.39, 0.29) is 23.8 Å². The third-order valence-electron chi connectivity index (χ3n) is 4.06. The van der Waals surface area contributed by atoms with Crippen molar-refractivity contribution in [2.75, 3.05) is 5.32 Å². The highest BCUT2D eigenvalue weighted by Gasteiger charge is 2.10. The van der Waals surface area contributed by atoms with Crippen LogP contribution in [0.4, 0.5) is 5.69 Å². The number of para-hydroxylation sites is 1. The lowest BCUT2D eigenvalue weighted by atomic mass is 10.1. The molecule has 0 fully saturated rings. The number of esters is 1. The number of anilines is 1. The van der Waals surface area contributed by atoms with Gasteiger partial charge in [-0.1, -0.05) is 36.4 Å². The van der Waals surface area contributed by atoms with Gasteiger partial charge in [0.25, 0.3) is 5.91 Å². The molecule has 0 aliphatic rings. The number of nitrogens with one attached hydrogen (secondary N) is 1. The number of aryl methyl sites for hydroxylation is 1. The smallest absolute Gasteiger partial charge is 0.338 e. The van der Waals surface area contributed by atoms with Gasteiger partial charge in [-0.05, 0) is 54.4 Å². The van der Waals surface area contributed by atoms with Crippen molar-refractivity contribution < 1.29 is 19.4 Å². The minimum absolute atomic E-state index is 0.0539. The van der Waals surface area contributed by atoms with E-state index in [0.717, 1.165) is 11.3 Å². The first kappa shape index (κ1) is 18.2. The van der Waals surface area contributed by atoms with Gasteiger partial charge in [0.2, 0.25) is 0 Å². The van der Waals surface area contributed by atoms with Crippen LogP contribution in [0.1, 0.15) is 31.8 Å². The SMILES string of the molecule is Cc1ccc(C(=O)OCc2ccc(C(=O)Nc3ccccc3)cc2)cc1O. The highest BCUT2D eigenvalue weighted by molar-refractivity contribution is 6.04. The van der Waals surface area contributed by atoms with E-state index in [1.165, 1.54) is 6.07 Å². The van der Waals surface area contributed by atoms with Gasteiger partial charge in [-0.25, -0.2) is 4.79 Å². The zero-order valence-corrected chi connectivity index (χ0v) is 14.8. The summed E-state index contributed by atoms with van der Waals surface area (Å²) in [5, 5.41) is 12.5. The Kier molecular flexibility index (Phi) is 5.52. The van der Waals surface area contributed by atoms with E-state index in [2.05, 4.69) is 5.32 Å². The van der Waals surface area contributed by atoms with E-state index in [0.29, 0.717) is 11.1 Å². The quantitative estimate of drug-likeness (QED) is 0.664. The van der Waals surface area contributed by atoms with Gasteiger partial charge in [0.15, 0.2) is 0 Å². The van der Waals surface area contributed by atoms with Gasteiger partial charge in [0.1, 0.15) is 12.4 Å². The summed E-state index contributed by atoms with van der Waals surface area (Å²) in [5.74, 6) is -0.672. The van der Waals surface area contributed by atoms with Crippen LogP contribution < -0.4 is 5.32 Å². The molecular weight excluding hydrogens is 342 g/mol. The fourth-order valence-corrected chi connectivity index (χ4v) is 2.45. The van der Waals surface area contributed by atoms with Crippen LogP contribution in [0.15, 0.2) is 72.8 Å². The third-order valence-corrected chi connectivity index (χ3v) is 4.06. The zero-order valence-electron chi connectivity index (χ0n) is 14.8. The first-order valence-electron chi connectivity index (χ1n) is 8.45. The molecule has 3 aromatic carbocycles. The number of aromatic hydroxyl groups is 1. The molecule has 0 radical (unpaired) electrons. The van der Waals surface area contributed by atoms with Gasteiger partial charge < -0.3 is 15.2 Å². The average Bonchev–Trinajstić information content (AvgIpc) is 2.69. The number of carbonyl (C=O) groups is 2. The average molecular weight is 361 g/mol. The molecule has 1 amide bonds. The maximum absolute atomic E-state index is 12.2. The van der Waals surface area contributed by atoms with Gasteiger partial charge in [-0.2, -0.15) is 0 Å². The van der Waals surface area contributed by atoms with E-state index in [1.807, 2.05) is 30.3 Å². The molecular formula is C22H19NO4. The highest BCUT2D eigenvalue weighted by atomic mass is 16.5. The second kappa shape index (κ2) is 8.19. The molecule has 27 heavy (non-hydrogen) atoms. The third kappa shape index (κ3) is 4.73. The largest absolute Gasteiger partial charge is 0.508 e. The number of hydrogen-bond acceptors (Lipinski definition) is 4. The maximum atomic E-state index is 12.2. The summed E-state index contributed by atoms with van der Waals surface area (Å²) in [7, 11) is 0.